The number of nitro groups is 1. The van der Waals surface area contributed by atoms with Crippen molar-refractivity contribution in [2.75, 3.05) is 0 Å². The number of hydrogen-bond acceptors (Lipinski definition) is 6. The van der Waals surface area contributed by atoms with Crippen molar-refractivity contribution in [3.63, 3.8) is 0 Å². The van der Waals surface area contributed by atoms with Crippen LogP contribution in [0.15, 0.2) is 91.1 Å². The fourth-order valence-corrected chi connectivity index (χ4v) is 3.10. The molecule has 0 aliphatic rings. The number of carbonyl (C=O) groups excluding carboxylic acids is 1. The fraction of sp³-hybridized carbons (Fsp3) is 0.0800. The second-order valence-electron chi connectivity index (χ2n) is 7.25. The van der Waals surface area contributed by atoms with Gasteiger partial charge in [-0.25, -0.2) is 4.68 Å². The molecule has 0 fully saturated rings. The molecule has 0 N–H and O–H groups in total. The molecule has 0 atom stereocenters. The molecule has 3 aromatic carbocycles. The van der Waals surface area contributed by atoms with Crippen LogP contribution in [0.2, 0.25) is 0 Å². The van der Waals surface area contributed by atoms with Gasteiger partial charge in [-0.1, -0.05) is 53.8 Å². The maximum Gasteiger partial charge on any atom is 0.269 e. The highest BCUT2D eigenvalue weighted by atomic mass is 16.6. The van der Waals surface area contributed by atoms with Gasteiger partial charge in [0.05, 0.1) is 17.7 Å². The number of ether oxygens (including phenoxy) is 1. The Bertz CT molecular complexity index is 1260. The number of nitro benzene ring substituents is 1. The first kappa shape index (κ1) is 21.6. The zero-order valence-corrected chi connectivity index (χ0v) is 17.6. The summed E-state index contributed by atoms with van der Waals surface area (Å²) in [6.07, 6.45) is 5.09. The van der Waals surface area contributed by atoms with Crippen molar-refractivity contribution in [3.05, 3.63) is 124 Å². The maximum absolute atomic E-state index is 12.3. The first-order valence-corrected chi connectivity index (χ1v) is 10.2. The lowest BCUT2D eigenvalue weighted by Gasteiger charge is -2.04. The zero-order valence-electron chi connectivity index (χ0n) is 17.6. The van der Waals surface area contributed by atoms with Crippen molar-refractivity contribution >= 4 is 17.5 Å². The van der Waals surface area contributed by atoms with Gasteiger partial charge in [0.25, 0.3) is 5.69 Å². The summed E-state index contributed by atoms with van der Waals surface area (Å²) >= 11 is 0. The van der Waals surface area contributed by atoms with E-state index in [2.05, 4.69) is 10.3 Å². The normalized spacial score (nSPS) is 10.9. The van der Waals surface area contributed by atoms with Crippen LogP contribution in [0, 0.1) is 10.1 Å². The molecule has 4 rings (SSSR count). The first-order chi connectivity index (χ1) is 16.1. The largest absolute Gasteiger partial charge is 0.487 e. The standard InChI is InChI=1S/C25H20N4O4/c30-25(15-8-19-4-2-1-3-5-19)21-9-13-24(14-10-21)33-18-22-17-28(27-26-22)16-20-6-11-23(12-7-20)29(31)32/h1-15,17H,16,18H2/b15-8+. The molecule has 1 aromatic heterocycles. The van der Waals surface area contributed by atoms with Crippen molar-refractivity contribution < 1.29 is 14.5 Å². The molecule has 0 saturated carbocycles. The van der Waals surface area contributed by atoms with Gasteiger partial charge in [-0.15, -0.1) is 5.10 Å². The van der Waals surface area contributed by atoms with Gasteiger partial charge in [-0.2, -0.15) is 0 Å². The smallest absolute Gasteiger partial charge is 0.269 e. The van der Waals surface area contributed by atoms with Crippen LogP contribution in [0.3, 0.4) is 0 Å². The number of carbonyl (C=O) groups is 1. The number of benzene rings is 3. The summed E-state index contributed by atoms with van der Waals surface area (Å²) in [5.41, 5.74) is 3.10. The van der Waals surface area contributed by atoms with Crippen LogP contribution < -0.4 is 4.74 Å². The molecular weight excluding hydrogens is 420 g/mol. The van der Waals surface area contributed by atoms with Gasteiger partial charge in [-0.05, 0) is 41.5 Å². The first-order valence-electron chi connectivity index (χ1n) is 10.2. The molecule has 0 radical (unpaired) electrons. The van der Waals surface area contributed by atoms with E-state index in [0.29, 0.717) is 23.6 Å². The van der Waals surface area contributed by atoms with Crippen molar-refractivity contribution in [2.24, 2.45) is 0 Å². The lowest BCUT2D eigenvalue weighted by Crippen LogP contribution is -2.00. The Morgan fingerprint density at radius 3 is 2.42 bits per heavy atom. The minimum absolute atomic E-state index is 0.0476. The predicted octanol–water partition coefficient (Wildman–Crippen LogP) is 4.71. The van der Waals surface area contributed by atoms with Crippen LogP contribution in [-0.2, 0) is 13.2 Å². The Hall–Kier alpha value is -4.59. The van der Waals surface area contributed by atoms with E-state index < -0.39 is 4.92 Å². The summed E-state index contributed by atoms with van der Waals surface area (Å²) in [4.78, 5) is 22.6. The summed E-state index contributed by atoms with van der Waals surface area (Å²) in [5, 5.41) is 18.9. The third kappa shape index (κ3) is 5.98. The lowest BCUT2D eigenvalue weighted by molar-refractivity contribution is -0.384. The maximum atomic E-state index is 12.3. The predicted molar refractivity (Wildman–Crippen MR) is 123 cm³/mol. The van der Waals surface area contributed by atoms with Crippen molar-refractivity contribution in [1.82, 2.24) is 15.0 Å². The van der Waals surface area contributed by atoms with E-state index in [1.54, 1.807) is 59.4 Å². The Balaban J connectivity index is 1.29. The van der Waals surface area contributed by atoms with E-state index in [1.807, 2.05) is 30.3 Å². The van der Waals surface area contributed by atoms with Crippen molar-refractivity contribution in [2.45, 2.75) is 13.2 Å². The van der Waals surface area contributed by atoms with Gasteiger partial charge in [0.2, 0.25) is 0 Å². The monoisotopic (exact) mass is 440 g/mol. The summed E-state index contributed by atoms with van der Waals surface area (Å²) in [5.74, 6) is 0.531. The quantitative estimate of drug-likeness (QED) is 0.162. The second kappa shape index (κ2) is 10.1. The molecule has 8 nitrogen and oxygen atoms in total. The molecule has 4 aromatic rings. The highest BCUT2D eigenvalue weighted by Gasteiger charge is 2.07. The Morgan fingerprint density at radius 1 is 1.00 bits per heavy atom. The summed E-state index contributed by atoms with van der Waals surface area (Å²) in [7, 11) is 0. The molecule has 0 aliphatic heterocycles. The van der Waals surface area contributed by atoms with E-state index in [1.165, 1.54) is 12.1 Å². The van der Waals surface area contributed by atoms with Crippen LogP contribution in [-0.4, -0.2) is 25.7 Å². The third-order valence-corrected chi connectivity index (χ3v) is 4.83. The summed E-state index contributed by atoms with van der Waals surface area (Å²) in [6, 6.07) is 22.9. The van der Waals surface area contributed by atoms with E-state index >= 15 is 0 Å². The molecule has 0 amide bonds. The van der Waals surface area contributed by atoms with Crippen molar-refractivity contribution in [3.8, 4) is 5.75 Å². The highest BCUT2D eigenvalue weighted by Crippen LogP contribution is 2.16. The number of non-ortho nitro benzene ring substituents is 1. The van der Waals surface area contributed by atoms with E-state index in [0.717, 1.165) is 11.1 Å². The summed E-state index contributed by atoms with van der Waals surface area (Å²) in [6.45, 7) is 0.666. The molecule has 0 spiro atoms. The minimum atomic E-state index is -0.432. The number of nitrogens with zero attached hydrogens (tertiary/aromatic N) is 4. The van der Waals surface area contributed by atoms with Gasteiger partial charge in [0, 0.05) is 17.7 Å². The van der Waals surface area contributed by atoms with Crippen LogP contribution in [0.5, 0.6) is 5.75 Å². The average molecular weight is 440 g/mol. The summed E-state index contributed by atoms with van der Waals surface area (Å²) < 4.78 is 7.38. The molecule has 0 saturated heterocycles. The number of hydrogen-bond donors (Lipinski definition) is 0. The van der Waals surface area contributed by atoms with Crippen molar-refractivity contribution in [1.29, 1.82) is 0 Å². The highest BCUT2D eigenvalue weighted by molar-refractivity contribution is 6.06. The molecule has 33 heavy (non-hydrogen) atoms. The second-order valence-corrected chi connectivity index (χ2v) is 7.25. The minimum Gasteiger partial charge on any atom is -0.487 e. The number of ketones is 1. The Labute approximate surface area is 189 Å². The van der Waals surface area contributed by atoms with Gasteiger partial charge in [0.15, 0.2) is 5.78 Å². The molecule has 0 bridgehead atoms. The molecule has 0 aliphatic carbocycles. The van der Waals surface area contributed by atoms with Crippen LogP contribution >= 0.6 is 0 Å². The van der Waals surface area contributed by atoms with Crippen LogP contribution in [0.1, 0.15) is 27.2 Å². The molecule has 8 heteroatoms. The van der Waals surface area contributed by atoms with Gasteiger partial charge in [-0.3, -0.25) is 14.9 Å². The third-order valence-electron chi connectivity index (χ3n) is 4.83. The van der Waals surface area contributed by atoms with E-state index in [4.69, 9.17) is 4.74 Å². The lowest BCUT2D eigenvalue weighted by atomic mass is 10.1. The number of allylic oxidation sites excluding steroid dienone is 1. The van der Waals surface area contributed by atoms with E-state index in [9.17, 15) is 14.9 Å². The SMILES string of the molecule is O=C(/C=C/c1ccccc1)c1ccc(OCc2cn(Cc3ccc([N+](=O)[O-])cc3)nn2)cc1. The molecule has 1 heterocycles. The number of rotatable bonds is 9. The Morgan fingerprint density at radius 2 is 1.73 bits per heavy atom. The molecule has 164 valence electrons. The molecular formula is C25H20N4O4. The van der Waals surface area contributed by atoms with E-state index in [-0.39, 0.29) is 18.1 Å². The van der Waals surface area contributed by atoms with Gasteiger partial charge >= 0.3 is 0 Å². The Kier molecular flexibility index (Phi) is 6.65. The fourth-order valence-electron chi connectivity index (χ4n) is 3.10. The molecule has 0 unspecified atom stereocenters. The zero-order chi connectivity index (χ0) is 23.0. The van der Waals surface area contributed by atoms with Gasteiger partial charge < -0.3 is 4.74 Å². The topological polar surface area (TPSA) is 100 Å². The van der Waals surface area contributed by atoms with Crippen LogP contribution in [0.4, 0.5) is 5.69 Å². The van der Waals surface area contributed by atoms with Crippen LogP contribution in [0.25, 0.3) is 6.08 Å². The average Bonchev–Trinajstić information content (AvgIpc) is 3.30. The van der Waals surface area contributed by atoms with Gasteiger partial charge in [0.1, 0.15) is 18.1 Å². The number of aromatic nitrogens is 3.